The van der Waals surface area contributed by atoms with Gasteiger partial charge in [0.2, 0.25) is 20.5 Å². The molecule has 0 aromatic carbocycles. The lowest BCUT2D eigenvalue weighted by Crippen LogP contribution is -2.50. The molecule has 0 aromatic rings. The first kappa shape index (κ1) is 67.5. The number of rotatable bonds is 30. The van der Waals surface area contributed by atoms with E-state index in [0.29, 0.717) is 0 Å². The molecule has 0 saturated carbocycles. The number of thioether (sulfide) groups is 4. The van der Waals surface area contributed by atoms with E-state index in [1.54, 1.807) is 36.5 Å². The summed E-state index contributed by atoms with van der Waals surface area (Å²) < 4.78 is 4.38. The molecule has 0 heterocycles. The minimum Gasteiger partial charge on any atom is -0.330 e. The number of carbonyl (C=O) groups excluding carboxylic acids is 4. The van der Waals surface area contributed by atoms with Gasteiger partial charge < -0.3 is 17.9 Å². The van der Waals surface area contributed by atoms with Crippen molar-refractivity contribution in [1.29, 1.82) is 0 Å². The molecule has 0 aliphatic carbocycles. The molecule has 8 nitrogen and oxygen atoms in total. The van der Waals surface area contributed by atoms with Crippen LogP contribution < -0.4 is 0 Å². The lowest BCUT2D eigenvalue weighted by atomic mass is 10.2. The van der Waals surface area contributed by atoms with Crippen molar-refractivity contribution >= 4 is 67.5 Å². The van der Waals surface area contributed by atoms with E-state index in [2.05, 4.69) is 83.5 Å². The van der Waals surface area contributed by atoms with Crippen LogP contribution in [-0.2, 0) is 19.2 Å². The molecule has 1 atom stereocenters. The van der Waals surface area contributed by atoms with Crippen LogP contribution in [0.2, 0.25) is 0 Å². The third-order valence-electron chi connectivity index (χ3n) is 11.1. The van der Waals surface area contributed by atoms with E-state index >= 15 is 0 Å². The standard InChI is InChI=1S/C15H30NOS.C14H28NOS.C12H24NOS.C9H18NOS/c1-5-9-12-16(8-4,11-7-3)13-14-18-15(17)10-6-2;1-5-9-14(16)17-13-12-15(8-4,10-6-2)11-7-3;1-5-9-12(14)15-11-10-13(6-2,7-3)8-4;1-5-6-9(11)12-8-7-10(2,3)4/h6,10H,5,7-9,11-14H2,1-4H3;5,9H,6-8,10-13H2,1-4H3;5,9H,6-8,10-11H2,1-4H3;5-6H,7-8H2,1-4H3/q4*+1/b10-6+;2*9-5+;6-5+. The highest BCUT2D eigenvalue weighted by Crippen LogP contribution is 2.16. The minimum atomic E-state index is 0.158. The van der Waals surface area contributed by atoms with E-state index in [1.165, 1.54) is 127 Å². The van der Waals surface area contributed by atoms with Crippen LogP contribution in [0.5, 0.6) is 0 Å². The average Bonchev–Trinajstić information content (AvgIpc) is 3.22. The maximum atomic E-state index is 11.5. The van der Waals surface area contributed by atoms with Crippen molar-refractivity contribution in [2.24, 2.45) is 0 Å². The Balaban J connectivity index is -0.000000365. The quantitative estimate of drug-likeness (QED) is 0.0521. The van der Waals surface area contributed by atoms with Gasteiger partial charge in [-0.15, -0.1) is 0 Å². The average molecular weight is 950 g/mol. The van der Waals surface area contributed by atoms with Crippen molar-refractivity contribution in [2.75, 3.05) is 129 Å². The number of allylic oxidation sites excluding steroid dienone is 4. The van der Waals surface area contributed by atoms with Crippen molar-refractivity contribution in [3.05, 3.63) is 48.6 Å². The second-order valence-electron chi connectivity index (χ2n) is 16.7. The van der Waals surface area contributed by atoms with E-state index in [1.807, 2.05) is 39.8 Å². The molecule has 0 aliphatic heterocycles. The SMILES string of the molecule is C/C=C/C(=O)SCC[N+](C)(C)C.C/C=C/C(=O)SCC[N+](CC)(CC)CC.C/C=C/C(=O)SCC[N+](CC)(CCC)CCC.C/C=C/C(=O)SCC[N+](CC)(CCC)CCCC. The van der Waals surface area contributed by atoms with Crippen LogP contribution in [0, 0.1) is 0 Å². The Morgan fingerprint density at radius 2 is 0.613 bits per heavy atom. The van der Waals surface area contributed by atoms with E-state index in [9.17, 15) is 19.2 Å². The third-order valence-corrected chi connectivity index (χ3v) is 14.3. The summed E-state index contributed by atoms with van der Waals surface area (Å²) in [7, 11) is 6.38. The predicted octanol–water partition coefficient (Wildman–Crippen LogP) is 11.6. The highest BCUT2D eigenvalue weighted by molar-refractivity contribution is 8.14. The van der Waals surface area contributed by atoms with Gasteiger partial charge in [-0.25, -0.2) is 0 Å². The molecule has 0 aliphatic rings. The van der Waals surface area contributed by atoms with Crippen LogP contribution in [0.4, 0.5) is 0 Å². The molecule has 12 heteroatoms. The third kappa shape index (κ3) is 39.3. The van der Waals surface area contributed by atoms with Crippen molar-refractivity contribution in [3.63, 3.8) is 0 Å². The Labute approximate surface area is 402 Å². The molecule has 0 spiro atoms. The van der Waals surface area contributed by atoms with Crippen molar-refractivity contribution in [3.8, 4) is 0 Å². The molecule has 0 aromatic heterocycles. The predicted molar refractivity (Wildman–Crippen MR) is 285 cm³/mol. The Bertz CT molecular complexity index is 1230. The summed E-state index contributed by atoms with van der Waals surface area (Å²) in [6, 6.07) is 0. The number of carbonyl (C=O) groups is 4. The molecular weight excluding hydrogens is 849 g/mol. The maximum absolute atomic E-state index is 11.5. The van der Waals surface area contributed by atoms with Gasteiger partial charge in [-0.3, -0.25) is 19.2 Å². The molecule has 0 bridgehead atoms. The molecule has 364 valence electrons. The Hall–Kier alpha value is -1.12. The van der Waals surface area contributed by atoms with Crippen molar-refractivity contribution in [2.45, 2.75) is 122 Å². The molecule has 1 unspecified atom stereocenters. The molecule has 0 fully saturated rings. The molecular formula is C50H100N4O4S4+4. The molecule has 0 saturated heterocycles. The van der Waals surface area contributed by atoms with Crippen molar-refractivity contribution in [1.82, 2.24) is 0 Å². The highest BCUT2D eigenvalue weighted by Gasteiger charge is 2.25. The largest absolute Gasteiger partial charge is 0.330 e. The molecule has 0 rings (SSSR count). The van der Waals surface area contributed by atoms with E-state index < -0.39 is 0 Å². The van der Waals surface area contributed by atoms with Gasteiger partial charge in [0.15, 0.2) is 0 Å². The number of hydrogen-bond acceptors (Lipinski definition) is 8. The molecule has 0 amide bonds. The van der Waals surface area contributed by atoms with Crippen LogP contribution in [0.3, 0.4) is 0 Å². The van der Waals surface area contributed by atoms with E-state index in [4.69, 9.17) is 0 Å². The lowest BCUT2D eigenvalue weighted by molar-refractivity contribution is -0.924. The minimum absolute atomic E-state index is 0.158. The maximum Gasteiger partial charge on any atom is 0.212 e. The highest BCUT2D eigenvalue weighted by atomic mass is 32.2. The summed E-state index contributed by atoms with van der Waals surface area (Å²) in [5, 5.41) is 0.721. The second kappa shape index (κ2) is 43.8. The zero-order chi connectivity index (χ0) is 48.4. The Morgan fingerprint density at radius 1 is 0.355 bits per heavy atom. The van der Waals surface area contributed by atoms with Crippen molar-refractivity contribution < 1.29 is 37.1 Å². The first-order valence-electron chi connectivity index (χ1n) is 23.9. The van der Waals surface area contributed by atoms with Crippen LogP contribution >= 0.6 is 47.0 Å². The summed E-state index contributed by atoms with van der Waals surface area (Å²) in [6.07, 6.45) is 20.0. The first-order chi connectivity index (χ1) is 29.4. The van der Waals surface area contributed by atoms with Crippen LogP contribution in [0.15, 0.2) is 48.6 Å². The van der Waals surface area contributed by atoms with Crippen LogP contribution in [0.25, 0.3) is 0 Å². The van der Waals surface area contributed by atoms with Crippen LogP contribution in [0.1, 0.15) is 122 Å². The van der Waals surface area contributed by atoms with Gasteiger partial charge in [0.25, 0.3) is 0 Å². The summed E-state index contributed by atoms with van der Waals surface area (Å²) >= 11 is 5.73. The Morgan fingerprint density at radius 3 is 0.839 bits per heavy atom. The van der Waals surface area contributed by atoms with Gasteiger partial charge in [-0.05, 0) is 112 Å². The Kier molecular flexibility index (Phi) is 47.6. The topological polar surface area (TPSA) is 68.3 Å². The number of quaternary nitrogens is 4. The normalized spacial score (nSPS) is 13.0. The zero-order valence-corrected chi connectivity index (χ0v) is 46.5. The van der Waals surface area contributed by atoms with E-state index in [-0.39, 0.29) is 20.5 Å². The fraction of sp³-hybridized carbons (Fsp3) is 0.760. The van der Waals surface area contributed by atoms with Gasteiger partial charge >= 0.3 is 0 Å². The van der Waals surface area contributed by atoms with E-state index in [0.717, 1.165) is 77.8 Å². The van der Waals surface area contributed by atoms with Gasteiger partial charge in [0.1, 0.15) is 0 Å². The fourth-order valence-electron chi connectivity index (χ4n) is 6.86. The van der Waals surface area contributed by atoms with Gasteiger partial charge in [0.05, 0.1) is 129 Å². The zero-order valence-electron chi connectivity index (χ0n) is 43.2. The smallest absolute Gasteiger partial charge is 0.212 e. The first-order valence-corrected chi connectivity index (χ1v) is 27.8. The van der Waals surface area contributed by atoms with Crippen LogP contribution in [-0.4, -0.2) is 168 Å². The van der Waals surface area contributed by atoms with Gasteiger partial charge in [-0.1, -0.05) is 105 Å². The summed E-state index contributed by atoms with van der Waals surface area (Å²) in [6.45, 7) is 42.9. The number of nitrogens with zero attached hydrogens (tertiary/aromatic N) is 4. The van der Waals surface area contributed by atoms with Gasteiger partial charge in [0, 0.05) is 0 Å². The lowest BCUT2D eigenvalue weighted by Gasteiger charge is -2.37. The number of hydrogen-bond donors (Lipinski definition) is 0. The molecule has 62 heavy (non-hydrogen) atoms. The number of unbranched alkanes of at least 4 members (excludes halogenated alkanes) is 1. The molecule has 0 N–H and O–H groups in total. The molecule has 0 radical (unpaired) electrons. The summed E-state index contributed by atoms with van der Waals surface area (Å²) in [5.74, 6) is 3.71. The monoisotopic (exact) mass is 949 g/mol. The summed E-state index contributed by atoms with van der Waals surface area (Å²) in [4.78, 5) is 45.1. The van der Waals surface area contributed by atoms with Gasteiger partial charge in [-0.2, -0.15) is 0 Å². The fourth-order valence-corrected chi connectivity index (χ4v) is 10.7. The second-order valence-corrected chi connectivity index (χ2v) is 21.1. The summed E-state index contributed by atoms with van der Waals surface area (Å²) in [5.41, 5.74) is 0.